The van der Waals surface area contributed by atoms with E-state index in [1.165, 1.54) is 9.78 Å². The number of nitrogens with zero attached hydrogens (tertiary/aromatic N) is 3. The van der Waals surface area contributed by atoms with E-state index in [9.17, 15) is 4.79 Å². The van der Waals surface area contributed by atoms with Crippen molar-refractivity contribution >= 4 is 23.2 Å². The van der Waals surface area contributed by atoms with Crippen LogP contribution < -0.4 is 10.6 Å². The van der Waals surface area contributed by atoms with Gasteiger partial charge in [0.25, 0.3) is 0 Å². The second kappa shape index (κ2) is 9.58. The van der Waals surface area contributed by atoms with Crippen molar-refractivity contribution in [1.29, 1.82) is 0 Å². The molecule has 8 heteroatoms. The number of carbonyl (C=O) groups is 1. The van der Waals surface area contributed by atoms with Gasteiger partial charge in [-0.2, -0.15) is 0 Å². The Labute approximate surface area is 147 Å². The second-order valence-corrected chi connectivity index (χ2v) is 7.10. The lowest BCUT2D eigenvalue weighted by Crippen LogP contribution is -2.41. The standard InChI is InChI=1S/C16H27N5O2S/c1-4-13-9-17-14(24-13)10-19-16(20-11-15(22)21(2)3)18-8-12-6-5-7-23-12/h9,12H,4-8,10-11H2,1-3H3,(H2,18,19,20). The summed E-state index contributed by atoms with van der Waals surface area (Å²) < 4.78 is 5.62. The fraction of sp³-hybridized carbons (Fsp3) is 0.688. The number of hydrogen-bond donors (Lipinski definition) is 2. The summed E-state index contributed by atoms with van der Waals surface area (Å²) in [6.07, 6.45) is 5.28. The maximum absolute atomic E-state index is 11.8. The van der Waals surface area contributed by atoms with Gasteiger partial charge < -0.3 is 20.3 Å². The third kappa shape index (κ3) is 6.09. The molecule has 134 valence electrons. The molecule has 0 aliphatic carbocycles. The van der Waals surface area contributed by atoms with Crippen LogP contribution in [0.5, 0.6) is 0 Å². The van der Waals surface area contributed by atoms with Crippen LogP contribution in [0.3, 0.4) is 0 Å². The number of nitrogens with one attached hydrogen (secondary N) is 2. The number of aliphatic imine (C=N–C) groups is 1. The van der Waals surface area contributed by atoms with Crippen LogP contribution in [0.4, 0.5) is 0 Å². The van der Waals surface area contributed by atoms with Crippen molar-refractivity contribution in [1.82, 2.24) is 20.5 Å². The zero-order valence-corrected chi connectivity index (χ0v) is 15.5. The van der Waals surface area contributed by atoms with Gasteiger partial charge >= 0.3 is 0 Å². The van der Waals surface area contributed by atoms with Gasteiger partial charge in [0.05, 0.1) is 12.6 Å². The van der Waals surface area contributed by atoms with Crippen LogP contribution in [0, 0.1) is 0 Å². The van der Waals surface area contributed by atoms with Gasteiger partial charge in [0.1, 0.15) is 11.6 Å². The second-order valence-electron chi connectivity index (χ2n) is 5.90. The third-order valence-corrected chi connectivity index (χ3v) is 4.89. The molecule has 0 spiro atoms. The zero-order valence-electron chi connectivity index (χ0n) is 14.7. The Balaban J connectivity index is 1.89. The molecule has 1 unspecified atom stereocenters. The Morgan fingerprint density at radius 1 is 1.50 bits per heavy atom. The molecule has 1 aliphatic rings. The third-order valence-electron chi connectivity index (χ3n) is 3.75. The van der Waals surface area contributed by atoms with Gasteiger partial charge in [-0.3, -0.25) is 4.79 Å². The van der Waals surface area contributed by atoms with E-state index in [1.54, 1.807) is 25.4 Å². The van der Waals surface area contributed by atoms with E-state index in [0.717, 1.165) is 30.9 Å². The molecule has 24 heavy (non-hydrogen) atoms. The molecule has 1 saturated heterocycles. The fourth-order valence-electron chi connectivity index (χ4n) is 2.23. The number of amides is 1. The number of likely N-dealkylation sites (N-methyl/N-ethyl adjacent to an activating group) is 1. The van der Waals surface area contributed by atoms with Crippen LogP contribution in [0.2, 0.25) is 0 Å². The number of rotatable bonds is 7. The van der Waals surface area contributed by atoms with Gasteiger partial charge in [0.2, 0.25) is 5.91 Å². The van der Waals surface area contributed by atoms with Crippen LogP contribution in [-0.2, 0) is 22.5 Å². The Morgan fingerprint density at radius 3 is 2.96 bits per heavy atom. The molecule has 1 aliphatic heterocycles. The minimum absolute atomic E-state index is 0.0317. The topological polar surface area (TPSA) is 78.9 Å². The van der Waals surface area contributed by atoms with Crippen LogP contribution in [0.25, 0.3) is 0 Å². The van der Waals surface area contributed by atoms with E-state index in [4.69, 9.17) is 4.74 Å². The average Bonchev–Trinajstić information content (AvgIpc) is 3.25. The number of hydrogen-bond acceptors (Lipinski definition) is 5. The molecule has 2 rings (SSSR count). The highest BCUT2D eigenvalue weighted by atomic mass is 32.1. The van der Waals surface area contributed by atoms with Crippen LogP contribution in [0.1, 0.15) is 29.7 Å². The van der Waals surface area contributed by atoms with Gasteiger partial charge in [-0.1, -0.05) is 6.92 Å². The van der Waals surface area contributed by atoms with E-state index in [0.29, 0.717) is 19.0 Å². The highest BCUT2D eigenvalue weighted by molar-refractivity contribution is 7.11. The Kier molecular flexibility index (Phi) is 7.45. The Morgan fingerprint density at radius 2 is 2.33 bits per heavy atom. The summed E-state index contributed by atoms with van der Waals surface area (Å²) in [5.41, 5.74) is 0. The lowest BCUT2D eigenvalue weighted by atomic mass is 10.2. The molecule has 1 fully saturated rings. The number of carbonyl (C=O) groups excluding carboxylic acids is 1. The molecular formula is C16H27N5O2S. The summed E-state index contributed by atoms with van der Waals surface area (Å²) in [4.78, 5) is 23.3. The van der Waals surface area contributed by atoms with E-state index >= 15 is 0 Å². The largest absolute Gasteiger partial charge is 0.376 e. The van der Waals surface area contributed by atoms with Crippen molar-refractivity contribution in [2.24, 2.45) is 4.99 Å². The first-order valence-electron chi connectivity index (χ1n) is 8.36. The summed E-state index contributed by atoms with van der Waals surface area (Å²) >= 11 is 1.69. The first kappa shape index (κ1) is 18.7. The summed E-state index contributed by atoms with van der Waals surface area (Å²) in [6.45, 7) is 4.35. The average molecular weight is 353 g/mol. The van der Waals surface area contributed by atoms with Gasteiger partial charge in [0.15, 0.2) is 5.96 Å². The molecule has 7 nitrogen and oxygen atoms in total. The molecule has 0 radical (unpaired) electrons. The lowest BCUT2D eigenvalue weighted by Gasteiger charge is -2.15. The van der Waals surface area contributed by atoms with E-state index < -0.39 is 0 Å². The molecule has 2 heterocycles. The SMILES string of the molecule is CCc1cnc(CNC(=NCC(=O)N(C)C)NCC2CCCO2)s1. The number of aromatic nitrogens is 1. The van der Waals surface area contributed by atoms with Crippen molar-refractivity contribution < 1.29 is 9.53 Å². The summed E-state index contributed by atoms with van der Waals surface area (Å²) in [5.74, 6) is 0.588. The molecule has 0 aromatic carbocycles. The Bertz CT molecular complexity index is 552. The zero-order chi connectivity index (χ0) is 17.4. The van der Waals surface area contributed by atoms with E-state index in [1.807, 2.05) is 6.20 Å². The molecule has 0 saturated carbocycles. The molecule has 1 aromatic rings. The minimum atomic E-state index is -0.0317. The van der Waals surface area contributed by atoms with Crippen LogP contribution in [-0.4, -0.2) is 61.6 Å². The van der Waals surface area contributed by atoms with Crippen molar-refractivity contribution in [2.45, 2.75) is 38.8 Å². The number of ether oxygens (including phenoxy) is 1. The first-order valence-corrected chi connectivity index (χ1v) is 9.17. The number of guanidine groups is 1. The highest BCUT2D eigenvalue weighted by Gasteiger charge is 2.16. The molecule has 2 N–H and O–H groups in total. The normalized spacial score (nSPS) is 17.8. The predicted octanol–water partition coefficient (Wildman–Crippen LogP) is 1.01. The maximum Gasteiger partial charge on any atom is 0.243 e. The van der Waals surface area contributed by atoms with E-state index in [2.05, 4.69) is 27.5 Å². The van der Waals surface area contributed by atoms with Crippen LogP contribution >= 0.6 is 11.3 Å². The first-order chi connectivity index (χ1) is 11.6. The summed E-state index contributed by atoms with van der Waals surface area (Å²) in [6, 6.07) is 0. The monoisotopic (exact) mass is 353 g/mol. The Hall–Kier alpha value is -1.67. The van der Waals surface area contributed by atoms with Crippen molar-refractivity contribution in [3.05, 3.63) is 16.1 Å². The smallest absolute Gasteiger partial charge is 0.243 e. The van der Waals surface area contributed by atoms with Gasteiger partial charge in [-0.15, -0.1) is 11.3 Å². The molecule has 1 aromatic heterocycles. The molecule has 1 amide bonds. The maximum atomic E-state index is 11.8. The van der Waals surface area contributed by atoms with Crippen molar-refractivity contribution in [3.8, 4) is 0 Å². The molecule has 0 bridgehead atoms. The number of thiazole rings is 1. The highest BCUT2D eigenvalue weighted by Crippen LogP contribution is 2.13. The lowest BCUT2D eigenvalue weighted by molar-refractivity contribution is -0.127. The van der Waals surface area contributed by atoms with Gasteiger partial charge in [0, 0.05) is 38.3 Å². The van der Waals surface area contributed by atoms with Crippen LogP contribution in [0.15, 0.2) is 11.2 Å². The molecule has 1 atom stereocenters. The predicted molar refractivity (Wildman–Crippen MR) is 96.3 cm³/mol. The quantitative estimate of drug-likeness (QED) is 0.565. The van der Waals surface area contributed by atoms with E-state index in [-0.39, 0.29) is 18.6 Å². The fourth-order valence-corrected chi connectivity index (χ4v) is 3.03. The summed E-state index contributed by atoms with van der Waals surface area (Å²) in [7, 11) is 3.46. The number of aryl methyl sites for hydroxylation is 1. The molecular weight excluding hydrogens is 326 g/mol. The van der Waals surface area contributed by atoms with Gasteiger partial charge in [-0.05, 0) is 19.3 Å². The van der Waals surface area contributed by atoms with Crippen molar-refractivity contribution in [2.75, 3.05) is 33.8 Å². The van der Waals surface area contributed by atoms with Crippen molar-refractivity contribution in [3.63, 3.8) is 0 Å². The minimum Gasteiger partial charge on any atom is -0.376 e. The van der Waals surface area contributed by atoms with Gasteiger partial charge in [-0.25, -0.2) is 9.98 Å². The summed E-state index contributed by atoms with van der Waals surface area (Å²) in [5, 5.41) is 7.53.